The van der Waals surface area contributed by atoms with Gasteiger partial charge in [-0.2, -0.15) is 0 Å². The molecule has 1 aliphatic rings. The molecule has 3 nitrogen and oxygen atoms in total. The number of halogens is 2. The maximum atomic E-state index is 13.6. The Hall–Kier alpha value is -1.20. The zero-order valence-electron chi connectivity index (χ0n) is 11.1. The Balaban J connectivity index is 0.00000137. The SMILES string of the molecule is C=C/C(F)=C(\C(F)=C/CN)N1CCOCC1.CC. The standard InChI is InChI=1S/C11H16F2N2O.C2H6/c1-2-9(12)11(10(13)3-4-14)15-5-7-16-8-6-15;1-2/h2-3H,1,4-8,14H2;1-2H3/b10-3+,11-9-;. The Morgan fingerprint density at radius 2 is 1.89 bits per heavy atom. The monoisotopic (exact) mass is 260 g/mol. The van der Waals surface area contributed by atoms with E-state index in [4.69, 9.17) is 10.5 Å². The van der Waals surface area contributed by atoms with E-state index >= 15 is 0 Å². The fourth-order valence-electron chi connectivity index (χ4n) is 1.50. The van der Waals surface area contributed by atoms with Gasteiger partial charge in [0, 0.05) is 19.6 Å². The van der Waals surface area contributed by atoms with Crippen LogP contribution in [0.25, 0.3) is 0 Å². The van der Waals surface area contributed by atoms with Crippen LogP contribution in [0.15, 0.2) is 36.1 Å². The lowest BCUT2D eigenvalue weighted by Gasteiger charge is -2.30. The highest BCUT2D eigenvalue weighted by atomic mass is 19.1. The lowest BCUT2D eigenvalue weighted by molar-refractivity contribution is 0.0524. The highest BCUT2D eigenvalue weighted by Gasteiger charge is 2.20. The van der Waals surface area contributed by atoms with Crippen molar-refractivity contribution in [2.45, 2.75) is 13.8 Å². The molecule has 0 bridgehead atoms. The molecule has 1 heterocycles. The van der Waals surface area contributed by atoms with Crippen LogP contribution in [0.4, 0.5) is 8.78 Å². The molecule has 0 spiro atoms. The molecule has 18 heavy (non-hydrogen) atoms. The van der Waals surface area contributed by atoms with Gasteiger partial charge in [-0.15, -0.1) is 0 Å². The van der Waals surface area contributed by atoms with Crippen LogP contribution in [-0.2, 0) is 4.74 Å². The maximum absolute atomic E-state index is 13.6. The van der Waals surface area contributed by atoms with Crippen molar-refractivity contribution >= 4 is 0 Å². The highest BCUT2D eigenvalue weighted by molar-refractivity contribution is 5.32. The lowest BCUT2D eigenvalue weighted by Crippen LogP contribution is -2.36. The summed E-state index contributed by atoms with van der Waals surface area (Å²) in [5.41, 5.74) is 5.13. The van der Waals surface area contributed by atoms with Gasteiger partial charge in [0.15, 0.2) is 0 Å². The predicted octanol–water partition coefficient (Wildman–Crippen LogP) is 2.52. The van der Waals surface area contributed by atoms with Crippen LogP contribution in [0.3, 0.4) is 0 Å². The number of hydrogen-bond acceptors (Lipinski definition) is 3. The second kappa shape index (κ2) is 9.79. The smallest absolute Gasteiger partial charge is 0.148 e. The summed E-state index contributed by atoms with van der Waals surface area (Å²) < 4.78 is 32.3. The minimum atomic E-state index is -0.677. The van der Waals surface area contributed by atoms with Crippen molar-refractivity contribution in [1.29, 1.82) is 0 Å². The van der Waals surface area contributed by atoms with Gasteiger partial charge in [0.25, 0.3) is 0 Å². The van der Waals surface area contributed by atoms with Gasteiger partial charge >= 0.3 is 0 Å². The first-order valence-corrected chi connectivity index (χ1v) is 6.11. The van der Waals surface area contributed by atoms with E-state index in [1.54, 1.807) is 4.90 Å². The van der Waals surface area contributed by atoms with E-state index in [0.717, 1.165) is 12.2 Å². The van der Waals surface area contributed by atoms with Crippen LogP contribution in [-0.4, -0.2) is 37.7 Å². The molecule has 104 valence electrons. The number of morpholine rings is 1. The van der Waals surface area contributed by atoms with Crippen LogP contribution in [0.5, 0.6) is 0 Å². The molecule has 0 aromatic rings. The first-order valence-electron chi connectivity index (χ1n) is 6.11. The summed E-state index contributed by atoms with van der Waals surface area (Å²) in [6.07, 6.45) is 2.14. The zero-order chi connectivity index (χ0) is 14.0. The molecule has 2 N–H and O–H groups in total. The van der Waals surface area contributed by atoms with Crippen LogP contribution in [0, 0.1) is 0 Å². The molecule has 0 saturated carbocycles. The molecule has 0 unspecified atom stereocenters. The Bertz CT molecular complexity index is 308. The van der Waals surface area contributed by atoms with Gasteiger partial charge in [-0.05, 0) is 12.2 Å². The topological polar surface area (TPSA) is 38.5 Å². The van der Waals surface area contributed by atoms with Gasteiger partial charge in [0.05, 0.1) is 13.2 Å². The minimum absolute atomic E-state index is 0.0318. The van der Waals surface area contributed by atoms with E-state index in [-0.39, 0.29) is 12.2 Å². The van der Waals surface area contributed by atoms with Crippen LogP contribution in [0.2, 0.25) is 0 Å². The first kappa shape index (κ1) is 16.8. The van der Waals surface area contributed by atoms with E-state index in [1.807, 2.05) is 13.8 Å². The van der Waals surface area contributed by atoms with Crippen molar-refractivity contribution in [3.8, 4) is 0 Å². The largest absolute Gasteiger partial charge is 0.378 e. The Morgan fingerprint density at radius 1 is 1.33 bits per heavy atom. The van der Waals surface area contributed by atoms with Gasteiger partial charge in [-0.1, -0.05) is 20.4 Å². The number of rotatable bonds is 4. The summed E-state index contributed by atoms with van der Waals surface area (Å²) >= 11 is 0. The average molecular weight is 260 g/mol. The normalized spacial score (nSPS) is 17.6. The van der Waals surface area contributed by atoms with E-state index < -0.39 is 11.7 Å². The summed E-state index contributed by atoms with van der Waals surface area (Å²) in [5, 5.41) is 0. The Kier molecular flexibility index (Phi) is 9.14. The van der Waals surface area contributed by atoms with Crippen molar-refractivity contribution in [2.24, 2.45) is 5.73 Å². The molecule has 0 atom stereocenters. The summed E-state index contributed by atoms with van der Waals surface area (Å²) in [5.74, 6) is -1.33. The summed E-state index contributed by atoms with van der Waals surface area (Å²) in [4.78, 5) is 1.60. The van der Waals surface area contributed by atoms with Crippen LogP contribution < -0.4 is 5.73 Å². The number of nitrogens with two attached hydrogens (primary N) is 1. The van der Waals surface area contributed by atoms with Crippen molar-refractivity contribution < 1.29 is 13.5 Å². The lowest BCUT2D eigenvalue weighted by atomic mass is 10.2. The first-order chi connectivity index (χ1) is 8.70. The van der Waals surface area contributed by atoms with E-state index in [2.05, 4.69) is 6.58 Å². The van der Waals surface area contributed by atoms with E-state index in [1.165, 1.54) is 0 Å². The van der Waals surface area contributed by atoms with E-state index in [0.29, 0.717) is 26.3 Å². The van der Waals surface area contributed by atoms with Gasteiger partial charge in [0.1, 0.15) is 17.4 Å². The predicted molar refractivity (Wildman–Crippen MR) is 70.3 cm³/mol. The van der Waals surface area contributed by atoms with Crippen molar-refractivity contribution in [3.05, 3.63) is 36.1 Å². The third-order valence-electron chi connectivity index (χ3n) is 2.26. The quantitative estimate of drug-likeness (QED) is 0.789. The van der Waals surface area contributed by atoms with Crippen molar-refractivity contribution in [3.63, 3.8) is 0 Å². The zero-order valence-corrected chi connectivity index (χ0v) is 11.1. The molecule has 1 fully saturated rings. The fourth-order valence-corrected chi connectivity index (χ4v) is 1.50. The maximum Gasteiger partial charge on any atom is 0.148 e. The van der Waals surface area contributed by atoms with Crippen LogP contribution >= 0.6 is 0 Å². The third-order valence-corrected chi connectivity index (χ3v) is 2.26. The van der Waals surface area contributed by atoms with Crippen molar-refractivity contribution in [2.75, 3.05) is 32.8 Å². The molecule has 0 aromatic carbocycles. The number of ether oxygens (including phenoxy) is 1. The molecule has 0 amide bonds. The van der Waals surface area contributed by atoms with Gasteiger partial charge in [-0.25, -0.2) is 8.78 Å². The number of nitrogens with zero attached hydrogens (tertiary/aromatic N) is 1. The van der Waals surface area contributed by atoms with Gasteiger partial charge in [-0.3, -0.25) is 0 Å². The molecule has 1 saturated heterocycles. The highest BCUT2D eigenvalue weighted by Crippen LogP contribution is 2.23. The molecular formula is C13H22F2N2O. The minimum Gasteiger partial charge on any atom is -0.378 e. The van der Waals surface area contributed by atoms with E-state index in [9.17, 15) is 8.78 Å². The Morgan fingerprint density at radius 3 is 2.33 bits per heavy atom. The molecule has 1 aliphatic heterocycles. The summed E-state index contributed by atoms with van der Waals surface area (Å²) in [7, 11) is 0. The third kappa shape index (κ3) is 4.98. The molecule has 1 rings (SSSR count). The number of hydrogen-bond donors (Lipinski definition) is 1. The molecule has 5 heteroatoms. The molecule has 0 aliphatic carbocycles. The molecule has 0 aromatic heterocycles. The fraction of sp³-hybridized carbons (Fsp3) is 0.538. The van der Waals surface area contributed by atoms with Gasteiger partial charge < -0.3 is 15.4 Å². The van der Waals surface area contributed by atoms with Crippen molar-refractivity contribution in [1.82, 2.24) is 4.90 Å². The molecule has 0 radical (unpaired) electrons. The summed E-state index contributed by atoms with van der Waals surface area (Å²) in [6.45, 7) is 9.18. The Labute approximate surface area is 108 Å². The second-order valence-corrected chi connectivity index (χ2v) is 3.29. The van der Waals surface area contributed by atoms with Crippen LogP contribution in [0.1, 0.15) is 13.8 Å². The second-order valence-electron chi connectivity index (χ2n) is 3.29. The molecular weight excluding hydrogens is 238 g/mol. The summed E-state index contributed by atoms with van der Waals surface area (Å²) in [6, 6.07) is 0. The van der Waals surface area contributed by atoms with Gasteiger partial charge in [0.2, 0.25) is 0 Å². The average Bonchev–Trinajstić information content (AvgIpc) is 2.42. The number of allylic oxidation sites excluding steroid dienone is 3.